The Bertz CT molecular complexity index is 410. The number of hydrogen-bond donors (Lipinski definition) is 0. The lowest BCUT2D eigenvalue weighted by Crippen LogP contribution is -2.22. The maximum Gasteiger partial charge on any atom is 0.289 e. The van der Waals surface area contributed by atoms with Gasteiger partial charge in [0.1, 0.15) is 0 Å². The van der Waals surface area contributed by atoms with Gasteiger partial charge in [-0.1, -0.05) is 6.08 Å². The van der Waals surface area contributed by atoms with Crippen LogP contribution in [0.15, 0.2) is 11.5 Å². The van der Waals surface area contributed by atoms with Crippen LogP contribution in [0.3, 0.4) is 0 Å². The first kappa shape index (κ1) is 14.0. The van der Waals surface area contributed by atoms with Gasteiger partial charge in [-0.3, -0.25) is 4.18 Å². The fraction of sp³-hybridized carbons (Fsp3) is 0.833. The van der Waals surface area contributed by atoms with E-state index in [1.165, 1.54) is 0 Å². The van der Waals surface area contributed by atoms with E-state index in [0.717, 1.165) is 18.2 Å². The van der Waals surface area contributed by atoms with Gasteiger partial charge in [0, 0.05) is 0 Å². The Balaban J connectivity index is 1.91. The molecule has 0 spiro atoms. The van der Waals surface area contributed by atoms with Crippen molar-refractivity contribution >= 4 is 10.1 Å². The molecule has 1 saturated heterocycles. The van der Waals surface area contributed by atoms with E-state index in [-0.39, 0.29) is 24.7 Å². The fourth-order valence-electron chi connectivity index (χ4n) is 2.57. The van der Waals surface area contributed by atoms with Gasteiger partial charge in [0.2, 0.25) is 0 Å². The molecule has 1 aliphatic carbocycles. The minimum absolute atomic E-state index is 0.0736. The second kappa shape index (κ2) is 4.92. The van der Waals surface area contributed by atoms with Crippen LogP contribution in [0.5, 0.6) is 0 Å². The highest BCUT2D eigenvalue weighted by Gasteiger charge is 2.46. The van der Waals surface area contributed by atoms with E-state index in [1.54, 1.807) is 13.0 Å². The molecule has 3 atom stereocenters. The molecule has 1 heterocycles. The summed E-state index contributed by atoms with van der Waals surface area (Å²) in [5.41, 5.74) is 0. The molecule has 2 aliphatic rings. The average Bonchev–Trinajstić information content (AvgIpc) is 2.68. The van der Waals surface area contributed by atoms with Gasteiger partial charge >= 0.3 is 0 Å². The van der Waals surface area contributed by atoms with Crippen molar-refractivity contribution in [1.82, 2.24) is 0 Å². The number of allylic oxidation sites excluding steroid dienone is 1. The van der Waals surface area contributed by atoms with Gasteiger partial charge in [-0.05, 0) is 39.5 Å². The van der Waals surface area contributed by atoms with Crippen LogP contribution in [0.1, 0.15) is 33.6 Å². The second-order valence-electron chi connectivity index (χ2n) is 5.17. The van der Waals surface area contributed by atoms with Crippen LogP contribution in [0.4, 0.5) is 0 Å². The second-order valence-corrected chi connectivity index (χ2v) is 6.67. The molecular weight excluding hydrogens is 256 g/mol. The van der Waals surface area contributed by atoms with Crippen LogP contribution < -0.4 is 0 Å². The highest BCUT2D eigenvalue weighted by atomic mass is 32.2. The van der Waals surface area contributed by atoms with Crippen molar-refractivity contribution < 1.29 is 22.1 Å². The number of ether oxygens (including phenoxy) is 2. The van der Waals surface area contributed by atoms with Crippen LogP contribution in [-0.2, 0) is 23.8 Å². The predicted octanol–water partition coefficient (Wildman–Crippen LogP) is 1.80. The quantitative estimate of drug-likeness (QED) is 0.733. The van der Waals surface area contributed by atoms with Gasteiger partial charge in [-0.25, -0.2) is 0 Å². The van der Waals surface area contributed by atoms with Crippen LogP contribution in [-0.4, -0.2) is 33.0 Å². The lowest BCUT2D eigenvalue weighted by molar-refractivity contribution is -0.152. The van der Waals surface area contributed by atoms with Crippen molar-refractivity contribution in [2.75, 3.05) is 6.61 Å². The summed E-state index contributed by atoms with van der Waals surface area (Å²) >= 11 is 0. The number of fused-ring (bicyclic) bond motifs is 1. The largest absolute Gasteiger partial charge is 0.345 e. The van der Waals surface area contributed by atoms with Crippen molar-refractivity contribution in [2.24, 2.45) is 5.92 Å². The molecule has 6 heteroatoms. The molecule has 0 radical (unpaired) electrons. The molecule has 1 aliphatic heterocycles. The Morgan fingerprint density at radius 3 is 2.33 bits per heavy atom. The fourth-order valence-corrected chi connectivity index (χ4v) is 3.39. The molecule has 18 heavy (non-hydrogen) atoms. The first-order valence-corrected chi connectivity index (χ1v) is 7.72. The maximum atomic E-state index is 11.4. The summed E-state index contributed by atoms with van der Waals surface area (Å²) in [4.78, 5) is 0. The van der Waals surface area contributed by atoms with E-state index >= 15 is 0 Å². The Labute approximate surface area is 108 Å². The van der Waals surface area contributed by atoms with E-state index in [2.05, 4.69) is 4.18 Å². The third-order valence-electron chi connectivity index (χ3n) is 3.15. The zero-order valence-electron chi connectivity index (χ0n) is 11.0. The third-order valence-corrected chi connectivity index (χ3v) is 4.21. The minimum atomic E-state index is -3.53. The van der Waals surface area contributed by atoms with E-state index in [0.29, 0.717) is 0 Å². The molecule has 5 nitrogen and oxygen atoms in total. The summed E-state index contributed by atoms with van der Waals surface area (Å²) in [5, 5.41) is 1.15. The van der Waals surface area contributed by atoms with Gasteiger partial charge < -0.3 is 9.47 Å². The SMILES string of the molecule is CCOS(=O)(=O)/C=C/C1C[C@@H]2OC(C)(C)O[C@@H]2C1. The molecule has 1 saturated carbocycles. The summed E-state index contributed by atoms with van der Waals surface area (Å²) in [5.74, 6) is -0.340. The van der Waals surface area contributed by atoms with Gasteiger partial charge in [0.15, 0.2) is 5.79 Å². The summed E-state index contributed by atoms with van der Waals surface area (Å²) < 4.78 is 38.9. The van der Waals surface area contributed by atoms with E-state index in [1.807, 2.05) is 13.8 Å². The van der Waals surface area contributed by atoms with Gasteiger partial charge in [0.05, 0.1) is 24.2 Å². The lowest BCUT2D eigenvalue weighted by atomic mass is 10.1. The predicted molar refractivity (Wildman–Crippen MR) is 66.2 cm³/mol. The monoisotopic (exact) mass is 276 g/mol. The van der Waals surface area contributed by atoms with Crippen molar-refractivity contribution in [3.63, 3.8) is 0 Å². The first-order valence-electron chi connectivity index (χ1n) is 6.24. The number of hydrogen-bond acceptors (Lipinski definition) is 5. The summed E-state index contributed by atoms with van der Waals surface area (Å²) in [6.07, 6.45) is 3.43. The smallest absolute Gasteiger partial charge is 0.289 e. The lowest BCUT2D eigenvalue weighted by Gasteiger charge is -2.19. The Hall–Kier alpha value is -0.430. The molecule has 0 aromatic carbocycles. The van der Waals surface area contributed by atoms with Crippen molar-refractivity contribution in [3.05, 3.63) is 11.5 Å². The molecule has 0 aromatic heterocycles. The van der Waals surface area contributed by atoms with Crippen LogP contribution in [0.2, 0.25) is 0 Å². The van der Waals surface area contributed by atoms with Gasteiger partial charge in [0.25, 0.3) is 10.1 Å². The zero-order chi connectivity index (χ0) is 13.4. The molecule has 0 amide bonds. The molecule has 0 bridgehead atoms. The van der Waals surface area contributed by atoms with Gasteiger partial charge in [-0.15, -0.1) is 0 Å². The van der Waals surface area contributed by atoms with Crippen molar-refractivity contribution in [1.29, 1.82) is 0 Å². The zero-order valence-corrected chi connectivity index (χ0v) is 11.8. The standard InChI is InChI=1S/C12H20O5S/c1-4-15-18(13,14)6-5-9-7-10-11(8-9)17-12(2,3)16-10/h5-6,9-11H,4,7-8H2,1-3H3/b6-5+/t9?,10-,11+. The van der Waals surface area contributed by atoms with E-state index < -0.39 is 15.9 Å². The Morgan fingerprint density at radius 2 is 1.83 bits per heavy atom. The number of rotatable bonds is 4. The third kappa shape index (κ3) is 3.32. The van der Waals surface area contributed by atoms with Crippen LogP contribution in [0, 0.1) is 5.92 Å². The van der Waals surface area contributed by atoms with Crippen molar-refractivity contribution in [3.8, 4) is 0 Å². The molecule has 0 N–H and O–H groups in total. The minimum Gasteiger partial charge on any atom is -0.345 e. The van der Waals surface area contributed by atoms with Gasteiger partial charge in [-0.2, -0.15) is 8.42 Å². The highest BCUT2D eigenvalue weighted by Crippen LogP contribution is 2.41. The summed E-state index contributed by atoms with van der Waals surface area (Å²) in [7, 11) is -3.53. The topological polar surface area (TPSA) is 61.8 Å². The normalized spacial score (nSPS) is 35.2. The maximum absolute atomic E-state index is 11.4. The van der Waals surface area contributed by atoms with Crippen LogP contribution in [0.25, 0.3) is 0 Å². The first-order chi connectivity index (χ1) is 8.31. The highest BCUT2D eigenvalue weighted by molar-refractivity contribution is 7.89. The Kier molecular flexibility index (Phi) is 3.82. The molecule has 104 valence electrons. The Morgan fingerprint density at radius 1 is 1.28 bits per heavy atom. The summed E-state index contributed by atoms with van der Waals surface area (Å²) in [6, 6.07) is 0. The average molecular weight is 276 g/mol. The summed E-state index contributed by atoms with van der Waals surface area (Å²) in [6.45, 7) is 5.60. The molecule has 0 aromatic rings. The molecular formula is C12H20O5S. The molecule has 2 fully saturated rings. The molecule has 2 rings (SSSR count). The van der Waals surface area contributed by atoms with E-state index in [9.17, 15) is 8.42 Å². The van der Waals surface area contributed by atoms with E-state index in [4.69, 9.17) is 9.47 Å². The molecule has 1 unspecified atom stereocenters. The van der Waals surface area contributed by atoms with Crippen molar-refractivity contribution in [2.45, 2.75) is 51.6 Å². The van der Waals surface area contributed by atoms with Crippen LogP contribution >= 0.6 is 0 Å².